The quantitative estimate of drug-likeness (QED) is 0.630. The van der Waals surface area contributed by atoms with Crippen LogP contribution in [0, 0.1) is 5.92 Å². The van der Waals surface area contributed by atoms with E-state index in [2.05, 4.69) is 31.3 Å². The van der Waals surface area contributed by atoms with E-state index in [9.17, 15) is 23.2 Å². The highest BCUT2D eigenvalue weighted by atomic mass is 79.9. The van der Waals surface area contributed by atoms with Crippen molar-refractivity contribution in [1.82, 2.24) is 15.5 Å². The van der Waals surface area contributed by atoms with Gasteiger partial charge in [0.15, 0.2) is 0 Å². The highest BCUT2D eigenvalue weighted by Gasteiger charge is 2.56. The molecule has 1 aromatic carbocycles. The number of rotatable bonds is 7. The summed E-state index contributed by atoms with van der Waals surface area (Å²) in [7, 11) is 0. The number of urea groups is 1. The summed E-state index contributed by atoms with van der Waals surface area (Å²) in [5.74, 6) is -0.974. The van der Waals surface area contributed by atoms with E-state index in [1.807, 2.05) is 0 Å². The minimum absolute atomic E-state index is 0.0650. The molecule has 7 nitrogen and oxygen atoms in total. The number of hydrogen-bond donors (Lipinski definition) is 2. The first-order chi connectivity index (χ1) is 12.7. The van der Waals surface area contributed by atoms with E-state index in [0.29, 0.717) is 10.0 Å². The summed E-state index contributed by atoms with van der Waals surface area (Å²) in [4.78, 5) is 37.6. The lowest BCUT2D eigenvalue weighted by Gasteiger charge is -2.20. The van der Waals surface area contributed by atoms with Crippen molar-refractivity contribution in [2.24, 2.45) is 5.92 Å². The minimum atomic E-state index is -2.99. The molecular formula is C17H18BrF2N3O4. The van der Waals surface area contributed by atoms with Crippen molar-refractivity contribution in [3.63, 3.8) is 0 Å². The van der Waals surface area contributed by atoms with Crippen LogP contribution in [0.15, 0.2) is 22.7 Å². The van der Waals surface area contributed by atoms with E-state index in [0.717, 1.165) is 17.7 Å². The van der Waals surface area contributed by atoms with Gasteiger partial charge in [0, 0.05) is 16.6 Å². The van der Waals surface area contributed by atoms with Crippen LogP contribution >= 0.6 is 15.9 Å². The van der Waals surface area contributed by atoms with E-state index in [1.54, 1.807) is 6.92 Å². The van der Waals surface area contributed by atoms with Gasteiger partial charge in [0.05, 0.1) is 0 Å². The number of benzene rings is 1. The fourth-order valence-electron chi connectivity index (χ4n) is 3.09. The molecule has 1 heterocycles. The monoisotopic (exact) mass is 445 g/mol. The molecule has 2 fully saturated rings. The molecular weight excluding hydrogens is 428 g/mol. The maximum Gasteiger partial charge on any atom is 0.387 e. The van der Waals surface area contributed by atoms with Gasteiger partial charge in [-0.15, -0.1) is 0 Å². The van der Waals surface area contributed by atoms with E-state index < -0.39 is 36.5 Å². The van der Waals surface area contributed by atoms with E-state index >= 15 is 0 Å². The number of alkyl halides is 2. The van der Waals surface area contributed by atoms with Gasteiger partial charge in [-0.1, -0.05) is 15.9 Å². The Morgan fingerprint density at radius 1 is 1.44 bits per heavy atom. The first-order valence-corrected chi connectivity index (χ1v) is 9.14. The van der Waals surface area contributed by atoms with E-state index in [-0.39, 0.29) is 18.2 Å². The number of ether oxygens (including phenoxy) is 1. The summed E-state index contributed by atoms with van der Waals surface area (Å²) in [6.45, 7) is -1.86. The molecule has 2 N–H and O–H groups in total. The second kappa shape index (κ2) is 7.41. The standard InChI is InChI=1S/C17H18BrF2N3O4/c1-17(10-2-3-10)14(25)23(16(26)22-17)8-13(24)21-7-9-6-11(18)4-5-12(9)27-15(19)20/h4-6,10,15H,2-3,7-8H2,1H3,(H,21,24)(H,22,26). The average molecular weight is 446 g/mol. The molecule has 1 aromatic rings. The molecule has 0 aromatic heterocycles. The van der Waals surface area contributed by atoms with Gasteiger partial charge < -0.3 is 15.4 Å². The molecule has 10 heteroatoms. The molecule has 0 spiro atoms. The molecule has 2 aliphatic rings. The number of imide groups is 1. The lowest BCUT2D eigenvalue weighted by Crippen LogP contribution is -2.46. The molecule has 1 saturated heterocycles. The number of hydrogen-bond acceptors (Lipinski definition) is 4. The topological polar surface area (TPSA) is 87.7 Å². The molecule has 1 unspecified atom stereocenters. The SMILES string of the molecule is CC1(C2CC2)NC(=O)N(CC(=O)NCc2cc(Br)ccc2OC(F)F)C1=O. The third-order valence-corrected chi connectivity index (χ3v) is 5.20. The molecule has 27 heavy (non-hydrogen) atoms. The smallest absolute Gasteiger partial charge is 0.387 e. The van der Waals surface area contributed by atoms with Crippen molar-refractivity contribution < 1.29 is 27.9 Å². The van der Waals surface area contributed by atoms with Crippen LogP contribution in [-0.4, -0.2) is 41.4 Å². The molecule has 0 radical (unpaired) electrons. The molecule has 1 aliphatic heterocycles. The summed E-state index contributed by atoms with van der Waals surface area (Å²) >= 11 is 3.23. The van der Waals surface area contributed by atoms with Gasteiger partial charge in [-0.2, -0.15) is 8.78 Å². The maximum absolute atomic E-state index is 12.5. The largest absolute Gasteiger partial charge is 0.434 e. The van der Waals surface area contributed by atoms with Crippen LogP contribution in [-0.2, 0) is 16.1 Å². The Bertz CT molecular complexity index is 787. The predicted octanol–water partition coefficient (Wildman–Crippen LogP) is 2.39. The summed E-state index contributed by atoms with van der Waals surface area (Å²) in [5, 5.41) is 5.18. The van der Waals surface area contributed by atoms with Gasteiger partial charge in [0.2, 0.25) is 5.91 Å². The van der Waals surface area contributed by atoms with Crippen molar-refractivity contribution in [2.75, 3.05) is 6.54 Å². The lowest BCUT2D eigenvalue weighted by atomic mass is 9.96. The Morgan fingerprint density at radius 2 is 2.15 bits per heavy atom. The van der Waals surface area contributed by atoms with Crippen molar-refractivity contribution in [3.8, 4) is 5.75 Å². The summed E-state index contributed by atoms with van der Waals surface area (Å²) in [6.07, 6.45) is 1.72. The molecule has 0 bridgehead atoms. The lowest BCUT2D eigenvalue weighted by molar-refractivity contribution is -0.135. The van der Waals surface area contributed by atoms with Crippen molar-refractivity contribution >= 4 is 33.8 Å². The fourth-order valence-corrected chi connectivity index (χ4v) is 3.50. The van der Waals surface area contributed by atoms with E-state index in [4.69, 9.17) is 0 Å². The zero-order valence-corrected chi connectivity index (χ0v) is 16.0. The number of carbonyl (C=O) groups is 3. The average Bonchev–Trinajstić information content (AvgIpc) is 3.41. The zero-order chi connectivity index (χ0) is 19.8. The van der Waals surface area contributed by atoms with Crippen LogP contribution in [0.4, 0.5) is 13.6 Å². The molecule has 1 aliphatic carbocycles. The van der Waals surface area contributed by atoms with Crippen molar-refractivity contribution in [2.45, 2.75) is 38.5 Å². The minimum Gasteiger partial charge on any atom is -0.434 e. The Hall–Kier alpha value is -2.23. The molecule has 4 amide bonds. The van der Waals surface area contributed by atoms with E-state index in [1.165, 1.54) is 18.2 Å². The van der Waals surface area contributed by atoms with Gasteiger partial charge in [0.1, 0.15) is 17.8 Å². The number of nitrogens with zero attached hydrogens (tertiary/aromatic N) is 1. The third-order valence-electron chi connectivity index (χ3n) is 4.71. The van der Waals surface area contributed by atoms with Gasteiger partial charge in [-0.25, -0.2) is 4.79 Å². The van der Waals surface area contributed by atoms with Gasteiger partial charge in [-0.3, -0.25) is 14.5 Å². The Morgan fingerprint density at radius 3 is 2.78 bits per heavy atom. The molecule has 1 atom stereocenters. The number of amides is 4. The zero-order valence-electron chi connectivity index (χ0n) is 14.4. The molecule has 146 valence electrons. The summed E-state index contributed by atoms with van der Waals surface area (Å²) in [6, 6.07) is 3.83. The number of nitrogens with one attached hydrogen (secondary N) is 2. The van der Waals surface area contributed by atoms with Crippen LogP contribution in [0.5, 0.6) is 5.75 Å². The summed E-state index contributed by atoms with van der Waals surface area (Å²) < 4.78 is 30.0. The highest BCUT2D eigenvalue weighted by Crippen LogP contribution is 2.42. The van der Waals surface area contributed by atoms with Crippen LogP contribution in [0.2, 0.25) is 0 Å². The normalized spacial score (nSPS) is 22.2. The van der Waals surface area contributed by atoms with Crippen molar-refractivity contribution in [3.05, 3.63) is 28.2 Å². The van der Waals surface area contributed by atoms with Crippen molar-refractivity contribution in [1.29, 1.82) is 0 Å². The van der Waals surface area contributed by atoms with Gasteiger partial charge in [-0.05, 0) is 43.9 Å². The number of carbonyl (C=O) groups excluding carboxylic acids is 3. The highest BCUT2D eigenvalue weighted by molar-refractivity contribution is 9.10. The van der Waals surface area contributed by atoms with Crippen LogP contribution < -0.4 is 15.4 Å². The Balaban J connectivity index is 1.61. The first kappa shape index (κ1) is 19.5. The Kier molecular flexibility index (Phi) is 5.36. The fraction of sp³-hybridized carbons (Fsp3) is 0.471. The van der Waals surface area contributed by atoms with Gasteiger partial charge >= 0.3 is 12.6 Å². The molecule has 3 rings (SSSR count). The molecule has 1 saturated carbocycles. The van der Waals surface area contributed by atoms with Crippen LogP contribution in [0.1, 0.15) is 25.3 Å². The number of halogens is 3. The first-order valence-electron chi connectivity index (χ1n) is 8.34. The third kappa shape index (κ3) is 4.20. The second-order valence-corrected chi connectivity index (χ2v) is 7.62. The van der Waals surface area contributed by atoms with Gasteiger partial charge in [0.25, 0.3) is 5.91 Å². The van der Waals surface area contributed by atoms with Crippen LogP contribution in [0.25, 0.3) is 0 Å². The Labute approximate surface area is 162 Å². The summed E-state index contributed by atoms with van der Waals surface area (Å²) in [5.41, 5.74) is -0.627. The second-order valence-electron chi connectivity index (χ2n) is 6.71. The van der Waals surface area contributed by atoms with Crippen LogP contribution in [0.3, 0.4) is 0 Å². The maximum atomic E-state index is 12.5. The predicted molar refractivity (Wildman–Crippen MR) is 94.0 cm³/mol.